The van der Waals surface area contributed by atoms with Crippen LogP contribution in [0.15, 0.2) is 41.5 Å². The number of anilines is 1. The number of rotatable bonds is 5. The monoisotopic (exact) mass is 307 g/mol. The van der Waals surface area contributed by atoms with Gasteiger partial charge in [0.2, 0.25) is 0 Å². The van der Waals surface area contributed by atoms with Crippen LogP contribution >= 0.6 is 22.9 Å². The summed E-state index contributed by atoms with van der Waals surface area (Å²) in [6.45, 7) is 2.14. The van der Waals surface area contributed by atoms with Crippen LogP contribution in [0.1, 0.15) is 9.75 Å². The molecule has 0 bridgehead atoms. The van der Waals surface area contributed by atoms with E-state index in [0.29, 0.717) is 5.02 Å². The fourth-order valence-electron chi connectivity index (χ4n) is 1.51. The summed E-state index contributed by atoms with van der Waals surface area (Å²) in [4.78, 5) is 13.8. The average Bonchev–Trinajstić information content (AvgIpc) is 2.83. The number of benzene rings is 1. The average molecular weight is 308 g/mol. The van der Waals surface area contributed by atoms with Gasteiger partial charge in [-0.25, -0.2) is 5.43 Å². The van der Waals surface area contributed by atoms with Gasteiger partial charge in [0.1, 0.15) is 0 Å². The Kier molecular flexibility index (Phi) is 5.15. The van der Waals surface area contributed by atoms with Crippen molar-refractivity contribution in [3.63, 3.8) is 0 Å². The van der Waals surface area contributed by atoms with Gasteiger partial charge in [0, 0.05) is 9.75 Å². The Morgan fingerprint density at radius 3 is 2.85 bits per heavy atom. The van der Waals surface area contributed by atoms with Gasteiger partial charge in [-0.15, -0.1) is 11.3 Å². The van der Waals surface area contributed by atoms with E-state index in [4.69, 9.17) is 11.6 Å². The van der Waals surface area contributed by atoms with E-state index in [9.17, 15) is 4.79 Å². The maximum Gasteiger partial charge on any atom is 0.259 e. The lowest BCUT2D eigenvalue weighted by Crippen LogP contribution is -2.25. The molecule has 2 rings (SSSR count). The Morgan fingerprint density at radius 2 is 2.15 bits per heavy atom. The summed E-state index contributed by atoms with van der Waals surface area (Å²) in [6.07, 6.45) is 1.63. The number of hydrazone groups is 1. The van der Waals surface area contributed by atoms with Gasteiger partial charge in [-0.05, 0) is 31.2 Å². The van der Waals surface area contributed by atoms with Crippen LogP contribution in [0, 0.1) is 6.92 Å². The summed E-state index contributed by atoms with van der Waals surface area (Å²) in [5.41, 5.74) is 3.19. The summed E-state index contributed by atoms with van der Waals surface area (Å²) in [6, 6.07) is 11.2. The topological polar surface area (TPSA) is 53.5 Å². The predicted octanol–water partition coefficient (Wildman–Crippen LogP) is 3.27. The second-order valence-electron chi connectivity index (χ2n) is 4.07. The van der Waals surface area contributed by atoms with Crippen molar-refractivity contribution in [1.29, 1.82) is 0 Å². The van der Waals surface area contributed by atoms with Crippen LogP contribution in [-0.4, -0.2) is 18.7 Å². The van der Waals surface area contributed by atoms with Crippen LogP contribution in [0.25, 0.3) is 0 Å². The molecule has 0 radical (unpaired) electrons. The normalized spacial score (nSPS) is 10.7. The fourth-order valence-corrected chi connectivity index (χ4v) is 2.46. The lowest BCUT2D eigenvalue weighted by Gasteiger charge is -2.06. The summed E-state index contributed by atoms with van der Waals surface area (Å²) in [5.74, 6) is -0.227. The number of nitrogens with one attached hydrogen (secondary N) is 2. The lowest BCUT2D eigenvalue weighted by atomic mass is 10.3. The number of nitrogens with zero attached hydrogens (tertiary/aromatic N) is 1. The van der Waals surface area contributed by atoms with Gasteiger partial charge in [-0.1, -0.05) is 23.7 Å². The minimum Gasteiger partial charge on any atom is -0.375 e. The van der Waals surface area contributed by atoms with E-state index >= 15 is 0 Å². The van der Waals surface area contributed by atoms with Gasteiger partial charge in [-0.3, -0.25) is 4.79 Å². The molecule has 4 nitrogen and oxygen atoms in total. The molecule has 0 aliphatic heterocycles. The zero-order valence-corrected chi connectivity index (χ0v) is 12.5. The molecule has 20 heavy (non-hydrogen) atoms. The fraction of sp³-hybridized carbons (Fsp3) is 0.143. The van der Waals surface area contributed by atoms with E-state index in [1.807, 2.05) is 37.3 Å². The van der Waals surface area contributed by atoms with Gasteiger partial charge in [0.25, 0.3) is 5.91 Å². The van der Waals surface area contributed by atoms with Crippen LogP contribution in [0.2, 0.25) is 5.02 Å². The molecule has 0 aliphatic carbocycles. The van der Waals surface area contributed by atoms with E-state index in [0.717, 1.165) is 10.6 Å². The maximum absolute atomic E-state index is 11.6. The molecule has 0 unspecified atom stereocenters. The molecule has 0 spiro atoms. The molecule has 0 saturated heterocycles. The highest BCUT2D eigenvalue weighted by atomic mass is 35.5. The Labute approximate surface area is 126 Å². The van der Waals surface area contributed by atoms with E-state index in [2.05, 4.69) is 15.8 Å². The third-order valence-corrected chi connectivity index (χ3v) is 3.72. The number of halogens is 1. The summed E-state index contributed by atoms with van der Waals surface area (Å²) >= 11 is 7.59. The third-order valence-electron chi connectivity index (χ3n) is 2.46. The second-order valence-corrected chi connectivity index (χ2v) is 5.80. The zero-order chi connectivity index (χ0) is 14.4. The highest BCUT2D eigenvalue weighted by Gasteiger charge is 2.02. The van der Waals surface area contributed by atoms with Crippen molar-refractivity contribution in [1.82, 2.24) is 5.43 Å². The quantitative estimate of drug-likeness (QED) is 0.658. The molecule has 1 amide bonds. The van der Waals surface area contributed by atoms with Gasteiger partial charge in [0.15, 0.2) is 0 Å². The van der Waals surface area contributed by atoms with Crippen molar-refractivity contribution >= 4 is 40.7 Å². The second kappa shape index (κ2) is 7.07. The van der Waals surface area contributed by atoms with Crippen LogP contribution in [0.4, 0.5) is 5.69 Å². The summed E-state index contributed by atoms with van der Waals surface area (Å²) < 4.78 is 0. The van der Waals surface area contributed by atoms with Crippen molar-refractivity contribution in [2.45, 2.75) is 6.92 Å². The van der Waals surface area contributed by atoms with Crippen LogP contribution < -0.4 is 10.7 Å². The van der Waals surface area contributed by atoms with E-state index in [1.54, 1.807) is 23.6 Å². The Morgan fingerprint density at radius 1 is 1.35 bits per heavy atom. The SMILES string of the molecule is Cc1ccc(/C=N/NC(=O)CNc2ccccc2Cl)s1. The lowest BCUT2D eigenvalue weighted by molar-refractivity contribution is -0.119. The first-order valence-corrected chi connectivity index (χ1v) is 7.21. The molecule has 1 aromatic carbocycles. The molecule has 0 fully saturated rings. The number of aryl methyl sites for hydroxylation is 1. The van der Waals surface area contributed by atoms with Gasteiger partial charge in [0.05, 0.1) is 23.5 Å². The first kappa shape index (κ1) is 14.6. The molecule has 0 atom stereocenters. The Balaban J connectivity index is 1.78. The van der Waals surface area contributed by atoms with E-state index in [1.165, 1.54) is 4.88 Å². The van der Waals surface area contributed by atoms with E-state index < -0.39 is 0 Å². The smallest absolute Gasteiger partial charge is 0.259 e. The molecular weight excluding hydrogens is 294 g/mol. The number of carbonyl (C=O) groups excluding carboxylic acids is 1. The first-order valence-electron chi connectivity index (χ1n) is 6.02. The number of amides is 1. The van der Waals surface area contributed by atoms with Crippen molar-refractivity contribution in [3.05, 3.63) is 51.2 Å². The van der Waals surface area contributed by atoms with Crippen LogP contribution in [-0.2, 0) is 4.79 Å². The van der Waals surface area contributed by atoms with Crippen molar-refractivity contribution in [2.75, 3.05) is 11.9 Å². The largest absolute Gasteiger partial charge is 0.375 e. The number of para-hydroxylation sites is 1. The van der Waals surface area contributed by atoms with Gasteiger partial charge in [-0.2, -0.15) is 5.10 Å². The highest BCUT2D eigenvalue weighted by Crippen LogP contribution is 2.19. The molecule has 0 saturated carbocycles. The molecule has 2 N–H and O–H groups in total. The molecular formula is C14H14ClN3OS. The Hall–Kier alpha value is -1.85. The standard InChI is InChI=1S/C14H14ClN3OS/c1-10-6-7-11(20-10)8-17-18-14(19)9-16-13-5-3-2-4-12(13)15/h2-8,16H,9H2,1H3,(H,18,19)/b17-8+. The molecule has 6 heteroatoms. The highest BCUT2D eigenvalue weighted by molar-refractivity contribution is 7.13. The van der Waals surface area contributed by atoms with Crippen LogP contribution in [0.5, 0.6) is 0 Å². The van der Waals surface area contributed by atoms with Crippen molar-refractivity contribution in [2.24, 2.45) is 5.10 Å². The Bertz CT molecular complexity index is 624. The minimum absolute atomic E-state index is 0.116. The summed E-state index contributed by atoms with van der Waals surface area (Å²) in [7, 11) is 0. The number of hydrogen-bond acceptors (Lipinski definition) is 4. The molecule has 1 heterocycles. The third kappa shape index (κ3) is 4.36. The molecule has 0 aliphatic rings. The van der Waals surface area contributed by atoms with Crippen LogP contribution in [0.3, 0.4) is 0 Å². The van der Waals surface area contributed by atoms with Crippen molar-refractivity contribution in [3.8, 4) is 0 Å². The molecule has 2 aromatic rings. The molecule has 104 valence electrons. The van der Waals surface area contributed by atoms with Gasteiger partial charge < -0.3 is 5.32 Å². The van der Waals surface area contributed by atoms with Crippen molar-refractivity contribution < 1.29 is 4.79 Å². The zero-order valence-electron chi connectivity index (χ0n) is 10.9. The van der Waals surface area contributed by atoms with E-state index in [-0.39, 0.29) is 12.5 Å². The molecule has 1 aromatic heterocycles. The summed E-state index contributed by atoms with van der Waals surface area (Å²) in [5, 5.41) is 7.43. The predicted molar refractivity (Wildman–Crippen MR) is 84.7 cm³/mol. The number of thiophene rings is 1. The maximum atomic E-state index is 11.6. The van der Waals surface area contributed by atoms with Gasteiger partial charge >= 0.3 is 0 Å². The number of carbonyl (C=O) groups is 1. The first-order chi connectivity index (χ1) is 9.65. The minimum atomic E-state index is -0.227. The number of hydrogen-bond donors (Lipinski definition) is 2.